The standard InChI is InChI=1S/C24H32N2O4S/c1-17(27)13-25(14-18-7-8-18)15-24(28)26-11-9-23-19(10-12-31-23)20(26)16-30-22-6-4-3-5-21(22)29-2/h3-6,10,12,17-18,20,27H,7-9,11,13-16H2,1-2H3. The summed E-state index contributed by atoms with van der Waals surface area (Å²) in [5, 5.41) is 12.0. The summed E-state index contributed by atoms with van der Waals surface area (Å²) in [7, 11) is 1.63. The van der Waals surface area contributed by atoms with E-state index in [0.29, 0.717) is 43.7 Å². The van der Waals surface area contributed by atoms with Crippen LogP contribution in [0.25, 0.3) is 0 Å². The Morgan fingerprint density at radius 1 is 1.29 bits per heavy atom. The Bertz CT molecular complexity index is 876. The number of nitrogens with zero attached hydrogens (tertiary/aromatic N) is 2. The van der Waals surface area contributed by atoms with Gasteiger partial charge in [0.15, 0.2) is 11.5 Å². The van der Waals surface area contributed by atoms with Crippen LogP contribution in [0.4, 0.5) is 0 Å². The normalized spacial score (nSPS) is 19.2. The van der Waals surface area contributed by atoms with Gasteiger partial charge in [0.2, 0.25) is 5.91 Å². The number of benzene rings is 1. The van der Waals surface area contributed by atoms with Crippen molar-refractivity contribution >= 4 is 17.2 Å². The van der Waals surface area contributed by atoms with Crippen LogP contribution >= 0.6 is 11.3 Å². The topological polar surface area (TPSA) is 62.2 Å². The summed E-state index contributed by atoms with van der Waals surface area (Å²) in [5.41, 5.74) is 1.18. The predicted molar refractivity (Wildman–Crippen MR) is 122 cm³/mol. The van der Waals surface area contributed by atoms with Gasteiger partial charge in [-0.25, -0.2) is 0 Å². The Morgan fingerprint density at radius 2 is 2.06 bits per heavy atom. The van der Waals surface area contributed by atoms with E-state index in [2.05, 4.69) is 16.3 Å². The SMILES string of the molecule is COc1ccccc1OCC1c2ccsc2CCN1C(=O)CN(CC(C)O)CC1CC1. The zero-order valence-electron chi connectivity index (χ0n) is 18.3. The van der Waals surface area contributed by atoms with E-state index in [-0.39, 0.29) is 11.9 Å². The molecule has 0 spiro atoms. The van der Waals surface area contributed by atoms with Crippen molar-refractivity contribution in [1.82, 2.24) is 9.80 Å². The van der Waals surface area contributed by atoms with Gasteiger partial charge < -0.3 is 19.5 Å². The van der Waals surface area contributed by atoms with Gasteiger partial charge in [-0.2, -0.15) is 0 Å². The zero-order valence-corrected chi connectivity index (χ0v) is 19.1. The van der Waals surface area contributed by atoms with Crippen molar-refractivity contribution < 1.29 is 19.4 Å². The Labute approximate surface area is 188 Å². The van der Waals surface area contributed by atoms with E-state index in [1.54, 1.807) is 25.4 Å². The first-order valence-electron chi connectivity index (χ1n) is 11.1. The second kappa shape index (κ2) is 10.0. The molecule has 1 aliphatic carbocycles. The lowest BCUT2D eigenvalue weighted by Crippen LogP contribution is -2.48. The van der Waals surface area contributed by atoms with E-state index in [9.17, 15) is 9.90 Å². The number of ether oxygens (including phenoxy) is 2. The molecule has 2 unspecified atom stereocenters. The van der Waals surface area contributed by atoms with Crippen molar-refractivity contribution in [3.8, 4) is 11.5 Å². The number of fused-ring (bicyclic) bond motifs is 1. The summed E-state index contributed by atoms with van der Waals surface area (Å²) < 4.78 is 11.6. The van der Waals surface area contributed by atoms with Crippen LogP contribution in [0.15, 0.2) is 35.7 Å². The zero-order chi connectivity index (χ0) is 21.8. The van der Waals surface area contributed by atoms with Crippen LogP contribution < -0.4 is 9.47 Å². The quantitative estimate of drug-likeness (QED) is 0.609. The number of aliphatic hydroxyl groups is 1. The lowest BCUT2D eigenvalue weighted by atomic mass is 10.0. The van der Waals surface area contributed by atoms with Gasteiger partial charge in [0.1, 0.15) is 6.61 Å². The minimum atomic E-state index is -0.443. The number of aliphatic hydroxyl groups excluding tert-OH is 1. The smallest absolute Gasteiger partial charge is 0.237 e. The van der Waals surface area contributed by atoms with Crippen molar-refractivity contribution in [2.24, 2.45) is 5.92 Å². The maximum absolute atomic E-state index is 13.4. The molecular weight excluding hydrogens is 412 g/mol. The number of amides is 1. The molecule has 2 heterocycles. The van der Waals surface area contributed by atoms with Crippen LogP contribution in [0.2, 0.25) is 0 Å². The third kappa shape index (κ3) is 5.59. The highest BCUT2D eigenvalue weighted by molar-refractivity contribution is 7.10. The molecule has 0 radical (unpaired) electrons. The molecule has 1 fully saturated rings. The van der Waals surface area contributed by atoms with Crippen LogP contribution in [0.5, 0.6) is 11.5 Å². The number of thiophene rings is 1. The maximum atomic E-state index is 13.4. The number of methoxy groups -OCH3 is 1. The van der Waals surface area contributed by atoms with Gasteiger partial charge in [-0.1, -0.05) is 12.1 Å². The van der Waals surface area contributed by atoms with Gasteiger partial charge in [-0.05, 0) is 61.2 Å². The molecule has 6 nitrogen and oxygen atoms in total. The fourth-order valence-corrected chi connectivity index (χ4v) is 5.23. The predicted octanol–water partition coefficient (Wildman–Crippen LogP) is 3.35. The number of para-hydroxylation sites is 2. The first-order chi connectivity index (χ1) is 15.0. The van der Waals surface area contributed by atoms with Gasteiger partial charge in [-0.3, -0.25) is 9.69 Å². The van der Waals surface area contributed by atoms with Gasteiger partial charge in [0, 0.05) is 24.5 Å². The molecule has 1 aliphatic heterocycles. The molecule has 0 saturated heterocycles. The lowest BCUT2D eigenvalue weighted by Gasteiger charge is -2.37. The summed E-state index contributed by atoms with van der Waals surface area (Å²) in [6.07, 6.45) is 2.88. The van der Waals surface area contributed by atoms with Crippen LogP contribution in [0.1, 0.15) is 36.2 Å². The summed E-state index contributed by atoms with van der Waals surface area (Å²) >= 11 is 1.75. The molecule has 2 atom stereocenters. The van der Waals surface area contributed by atoms with E-state index in [1.807, 2.05) is 29.2 Å². The highest BCUT2D eigenvalue weighted by Gasteiger charge is 2.34. The number of hydrogen-bond donors (Lipinski definition) is 1. The van der Waals surface area contributed by atoms with Gasteiger partial charge in [0.25, 0.3) is 0 Å². The highest BCUT2D eigenvalue weighted by atomic mass is 32.1. The van der Waals surface area contributed by atoms with Crippen molar-refractivity contribution in [3.05, 3.63) is 46.2 Å². The number of hydrogen-bond acceptors (Lipinski definition) is 6. The largest absolute Gasteiger partial charge is 0.493 e. The van der Waals surface area contributed by atoms with E-state index in [1.165, 1.54) is 23.3 Å². The molecule has 0 bridgehead atoms. The van der Waals surface area contributed by atoms with Crippen LogP contribution in [0.3, 0.4) is 0 Å². The van der Waals surface area contributed by atoms with Crippen molar-refractivity contribution in [2.75, 3.05) is 39.9 Å². The minimum absolute atomic E-state index is 0.103. The summed E-state index contributed by atoms with van der Waals surface area (Å²) in [6.45, 7) is 4.62. The highest BCUT2D eigenvalue weighted by Crippen LogP contribution is 2.35. The number of carbonyl (C=O) groups excluding carboxylic acids is 1. The van der Waals surface area contributed by atoms with Gasteiger partial charge in [-0.15, -0.1) is 11.3 Å². The van der Waals surface area contributed by atoms with E-state index >= 15 is 0 Å². The van der Waals surface area contributed by atoms with Crippen LogP contribution in [0, 0.1) is 5.92 Å². The van der Waals surface area contributed by atoms with E-state index in [4.69, 9.17) is 9.47 Å². The van der Waals surface area contributed by atoms with Crippen LogP contribution in [-0.4, -0.2) is 66.8 Å². The number of carbonyl (C=O) groups is 1. The van der Waals surface area contributed by atoms with Crippen LogP contribution in [-0.2, 0) is 11.2 Å². The third-order valence-electron chi connectivity index (χ3n) is 5.98. The van der Waals surface area contributed by atoms with Gasteiger partial charge in [0.05, 0.1) is 25.8 Å². The average molecular weight is 445 g/mol. The van der Waals surface area contributed by atoms with E-state index < -0.39 is 6.10 Å². The summed E-state index contributed by atoms with van der Waals surface area (Å²) in [6, 6.07) is 9.59. The van der Waals surface area contributed by atoms with Gasteiger partial charge >= 0.3 is 0 Å². The molecule has 2 aliphatic rings. The van der Waals surface area contributed by atoms with Crippen molar-refractivity contribution in [3.63, 3.8) is 0 Å². The van der Waals surface area contributed by atoms with Crippen molar-refractivity contribution in [2.45, 2.75) is 38.3 Å². The molecule has 4 rings (SSSR count). The summed E-state index contributed by atoms with van der Waals surface area (Å²) in [4.78, 5) is 18.8. The second-order valence-electron chi connectivity index (χ2n) is 8.60. The Balaban J connectivity index is 1.48. The molecule has 31 heavy (non-hydrogen) atoms. The molecule has 168 valence electrons. The monoisotopic (exact) mass is 444 g/mol. The molecule has 1 aromatic carbocycles. The Morgan fingerprint density at radius 3 is 2.77 bits per heavy atom. The average Bonchev–Trinajstić information content (AvgIpc) is 3.43. The maximum Gasteiger partial charge on any atom is 0.237 e. The minimum Gasteiger partial charge on any atom is -0.493 e. The summed E-state index contributed by atoms with van der Waals surface area (Å²) in [5.74, 6) is 2.14. The second-order valence-corrected chi connectivity index (χ2v) is 9.60. The molecule has 1 aromatic heterocycles. The van der Waals surface area contributed by atoms with E-state index in [0.717, 1.165) is 13.0 Å². The van der Waals surface area contributed by atoms with Crippen molar-refractivity contribution in [1.29, 1.82) is 0 Å². The molecular formula is C24H32N2O4S. The Hall–Kier alpha value is -2.09. The third-order valence-corrected chi connectivity index (χ3v) is 6.97. The first-order valence-corrected chi connectivity index (χ1v) is 11.9. The Kier molecular flexibility index (Phi) is 7.15. The fraction of sp³-hybridized carbons (Fsp3) is 0.542. The molecule has 1 saturated carbocycles. The molecule has 1 amide bonds. The number of rotatable bonds is 10. The molecule has 2 aromatic rings. The lowest BCUT2D eigenvalue weighted by molar-refractivity contribution is -0.136. The fourth-order valence-electron chi connectivity index (χ4n) is 4.31. The first kappa shape index (κ1) is 22.1. The molecule has 1 N–H and O–H groups in total. The molecule has 7 heteroatoms.